The van der Waals surface area contributed by atoms with Crippen LogP contribution in [0.1, 0.15) is 0 Å². The van der Waals surface area contributed by atoms with Crippen molar-refractivity contribution in [2.24, 2.45) is 0 Å². The Labute approximate surface area is 146 Å². The number of nitrogens with zero attached hydrogens (tertiary/aromatic N) is 2. The quantitative estimate of drug-likeness (QED) is 0.378. The van der Waals surface area contributed by atoms with Crippen LogP contribution in [0.5, 0.6) is 0 Å². The van der Waals surface area contributed by atoms with E-state index in [1.165, 1.54) is 18.9 Å². The number of methoxy groups -OCH3 is 1. The number of carbonyl (C=O) groups excluding carboxylic acids is 1. The number of aromatic nitrogens is 2. The van der Waals surface area contributed by atoms with Crippen LogP contribution in [0.2, 0.25) is 0 Å². The summed E-state index contributed by atoms with van der Waals surface area (Å²) in [6.07, 6.45) is 0. The zero-order valence-corrected chi connectivity index (χ0v) is 14.7. The van der Waals surface area contributed by atoms with Crippen molar-refractivity contribution in [2.45, 2.75) is 5.03 Å². The number of ether oxygens (including phenoxy) is 1. The molecule has 4 nitrogen and oxygen atoms in total. The largest absolute Gasteiger partial charge is 0.468 e. The number of hydrogen-bond donors (Lipinski definition) is 0. The maximum absolute atomic E-state index is 11.4. The first-order valence-electron chi connectivity index (χ1n) is 6.89. The maximum atomic E-state index is 11.4. The highest BCUT2D eigenvalue weighted by atomic mass is 79.9. The number of carbonyl (C=O) groups is 1. The minimum atomic E-state index is -0.275. The van der Waals surface area contributed by atoms with E-state index in [1.807, 2.05) is 48.5 Å². The molecule has 0 radical (unpaired) electrons. The predicted octanol–water partition coefficient (Wildman–Crippen LogP) is 4.32. The van der Waals surface area contributed by atoms with E-state index in [-0.39, 0.29) is 11.7 Å². The third-order valence-electron chi connectivity index (χ3n) is 3.23. The van der Waals surface area contributed by atoms with Crippen molar-refractivity contribution >= 4 is 44.6 Å². The van der Waals surface area contributed by atoms with Gasteiger partial charge in [-0.25, -0.2) is 9.97 Å². The van der Waals surface area contributed by atoms with Crippen LogP contribution in [-0.2, 0) is 9.53 Å². The summed E-state index contributed by atoms with van der Waals surface area (Å²) in [6.45, 7) is 0. The standard InChI is InChI=1S/C17H13BrN2O2S/c1-22-15(21)10-23-17-13-4-2-3-5-14(13)19-16(20-17)11-6-8-12(18)9-7-11/h2-9H,10H2,1H3. The van der Waals surface area contributed by atoms with E-state index in [4.69, 9.17) is 4.74 Å². The van der Waals surface area contributed by atoms with E-state index in [0.29, 0.717) is 5.82 Å². The SMILES string of the molecule is COC(=O)CSc1nc(-c2ccc(Br)cc2)nc2ccccc12. The van der Waals surface area contributed by atoms with Crippen LogP contribution in [0.15, 0.2) is 58.0 Å². The Balaban J connectivity index is 2.06. The second-order valence-corrected chi connectivity index (χ2v) is 6.62. The Morgan fingerprint density at radius 1 is 1.13 bits per heavy atom. The molecule has 2 aromatic carbocycles. The molecule has 0 saturated carbocycles. The normalized spacial score (nSPS) is 10.7. The minimum Gasteiger partial charge on any atom is -0.468 e. The number of benzene rings is 2. The molecule has 23 heavy (non-hydrogen) atoms. The summed E-state index contributed by atoms with van der Waals surface area (Å²) in [7, 11) is 1.38. The van der Waals surface area contributed by atoms with E-state index in [2.05, 4.69) is 25.9 Å². The van der Waals surface area contributed by atoms with E-state index >= 15 is 0 Å². The number of rotatable bonds is 4. The topological polar surface area (TPSA) is 52.1 Å². The molecule has 0 aliphatic carbocycles. The van der Waals surface area contributed by atoms with Crippen LogP contribution < -0.4 is 0 Å². The minimum absolute atomic E-state index is 0.220. The lowest BCUT2D eigenvalue weighted by atomic mass is 10.2. The number of thioether (sulfide) groups is 1. The fraction of sp³-hybridized carbons (Fsp3) is 0.118. The molecule has 0 N–H and O–H groups in total. The van der Waals surface area contributed by atoms with Crippen molar-refractivity contribution in [3.8, 4) is 11.4 Å². The van der Waals surface area contributed by atoms with Gasteiger partial charge < -0.3 is 4.74 Å². The molecule has 0 bridgehead atoms. The van der Waals surface area contributed by atoms with Crippen molar-refractivity contribution < 1.29 is 9.53 Å². The van der Waals surface area contributed by atoms with Crippen molar-refractivity contribution in [3.63, 3.8) is 0 Å². The Hall–Kier alpha value is -1.92. The zero-order valence-electron chi connectivity index (χ0n) is 12.3. The fourth-order valence-corrected chi connectivity index (χ4v) is 3.19. The molecule has 0 saturated heterocycles. The van der Waals surface area contributed by atoms with E-state index < -0.39 is 0 Å². The van der Waals surface area contributed by atoms with Gasteiger partial charge >= 0.3 is 5.97 Å². The van der Waals surface area contributed by atoms with Crippen LogP contribution in [0.25, 0.3) is 22.3 Å². The molecule has 1 heterocycles. The molecular weight excluding hydrogens is 376 g/mol. The Kier molecular flexibility index (Phi) is 4.93. The molecule has 0 aliphatic rings. The summed E-state index contributed by atoms with van der Waals surface area (Å²) in [6, 6.07) is 15.6. The zero-order chi connectivity index (χ0) is 16.2. The van der Waals surface area contributed by atoms with Gasteiger partial charge in [-0.1, -0.05) is 58.0 Å². The summed E-state index contributed by atoms with van der Waals surface area (Å²) in [5, 5.41) is 1.71. The summed E-state index contributed by atoms with van der Waals surface area (Å²) >= 11 is 4.78. The van der Waals surface area contributed by atoms with Crippen LogP contribution >= 0.6 is 27.7 Å². The monoisotopic (exact) mass is 388 g/mol. The number of fused-ring (bicyclic) bond motifs is 1. The lowest BCUT2D eigenvalue weighted by Crippen LogP contribution is -2.04. The molecule has 0 atom stereocenters. The molecule has 0 amide bonds. The smallest absolute Gasteiger partial charge is 0.316 e. The van der Waals surface area contributed by atoms with Crippen molar-refractivity contribution in [2.75, 3.05) is 12.9 Å². The van der Waals surface area contributed by atoms with E-state index in [0.717, 1.165) is 26.0 Å². The lowest BCUT2D eigenvalue weighted by molar-refractivity contribution is -0.137. The van der Waals surface area contributed by atoms with Gasteiger partial charge in [0.25, 0.3) is 0 Å². The van der Waals surface area contributed by atoms with Gasteiger partial charge in [0.2, 0.25) is 0 Å². The molecule has 0 unspecified atom stereocenters. The molecule has 116 valence electrons. The second-order valence-electron chi connectivity index (χ2n) is 4.74. The van der Waals surface area contributed by atoms with Crippen molar-refractivity contribution in [1.82, 2.24) is 9.97 Å². The average Bonchev–Trinajstić information content (AvgIpc) is 2.59. The second kappa shape index (κ2) is 7.10. The van der Waals surface area contributed by atoms with Gasteiger partial charge in [-0.3, -0.25) is 4.79 Å². The van der Waals surface area contributed by atoms with Gasteiger partial charge in [-0.15, -0.1) is 0 Å². The first kappa shape index (κ1) is 16.0. The van der Waals surface area contributed by atoms with Gasteiger partial charge in [0.15, 0.2) is 5.82 Å². The summed E-state index contributed by atoms with van der Waals surface area (Å²) in [5.41, 5.74) is 1.78. The first-order valence-corrected chi connectivity index (χ1v) is 8.67. The first-order chi connectivity index (χ1) is 11.2. The Morgan fingerprint density at radius 2 is 1.87 bits per heavy atom. The highest BCUT2D eigenvalue weighted by molar-refractivity contribution is 9.10. The van der Waals surface area contributed by atoms with Crippen LogP contribution in [-0.4, -0.2) is 28.8 Å². The third kappa shape index (κ3) is 3.71. The molecule has 3 rings (SSSR count). The average molecular weight is 389 g/mol. The number of para-hydroxylation sites is 1. The van der Waals surface area contributed by atoms with Gasteiger partial charge in [0.05, 0.1) is 18.4 Å². The summed E-state index contributed by atoms with van der Waals surface area (Å²) in [4.78, 5) is 20.7. The van der Waals surface area contributed by atoms with Crippen molar-refractivity contribution in [1.29, 1.82) is 0 Å². The highest BCUT2D eigenvalue weighted by Crippen LogP contribution is 2.28. The van der Waals surface area contributed by atoms with Gasteiger partial charge in [0, 0.05) is 15.4 Å². The molecule has 0 fully saturated rings. The summed E-state index contributed by atoms with van der Waals surface area (Å²) in [5.74, 6) is 0.587. The molecule has 0 spiro atoms. The van der Waals surface area contributed by atoms with Gasteiger partial charge in [-0.05, 0) is 18.2 Å². The van der Waals surface area contributed by atoms with Crippen molar-refractivity contribution in [3.05, 3.63) is 53.0 Å². The Bertz CT molecular complexity index is 853. The van der Waals surface area contributed by atoms with Crippen LogP contribution in [0, 0.1) is 0 Å². The number of hydrogen-bond acceptors (Lipinski definition) is 5. The molecule has 6 heteroatoms. The van der Waals surface area contributed by atoms with Gasteiger partial charge in [0.1, 0.15) is 5.03 Å². The maximum Gasteiger partial charge on any atom is 0.316 e. The van der Waals surface area contributed by atoms with E-state index in [9.17, 15) is 4.79 Å². The van der Waals surface area contributed by atoms with E-state index in [1.54, 1.807) is 0 Å². The molecule has 3 aromatic rings. The molecular formula is C17H13BrN2O2S. The van der Waals surface area contributed by atoms with Crippen LogP contribution in [0.3, 0.4) is 0 Å². The predicted molar refractivity (Wildman–Crippen MR) is 95.4 cm³/mol. The lowest BCUT2D eigenvalue weighted by Gasteiger charge is -2.08. The number of esters is 1. The highest BCUT2D eigenvalue weighted by Gasteiger charge is 2.11. The number of halogens is 1. The molecule has 1 aromatic heterocycles. The molecule has 0 aliphatic heterocycles. The summed E-state index contributed by atoms with van der Waals surface area (Å²) < 4.78 is 5.71. The third-order valence-corrected chi connectivity index (χ3v) is 4.72. The van der Waals surface area contributed by atoms with Gasteiger partial charge in [-0.2, -0.15) is 0 Å². The Morgan fingerprint density at radius 3 is 2.61 bits per heavy atom. The fourth-order valence-electron chi connectivity index (χ4n) is 2.07. The van der Waals surface area contributed by atoms with Crippen LogP contribution in [0.4, 0.5) is 0 Å².